The molecule has 0 spiro atoms. The zero-order valence-electron chi connectivity index (χ0n) is 10.5. The Morgan fingerprint density at radius 3 is 2.68 bits per heavy atom. The van der Waals surface area contributed by atoms with Gasteiger partial charge in [-0.3, -0.25) is 0 Å². The molecular formula is C12H16F3N3O. The summed E-state index contributed by atoms with van der Waals surface area (Å²) in [4.78, 5) is 5.56. The van der Waals surface area contributed by atoms with E-state index in [1.165, 1.54) is 0 Å². The van der Waals surface area contributed by atoms with Crippen molar-refractivity contribution in [3.63, 3.8) is 0 Å². The number of aliphatic hydroxyl groups is 1. The minimum Gasteiger partial charge on any atom is -0.388 e. The maximum absolute atomic E-state index is 12.7. The van der Waals surface area contributed by atoms with E-state index in [1.807, 2.05) is 0 Å². The largest absolute Gasteiger partial charge is 0.416 e. The molecule has 1 aromatic heterocycles. The summed E-state index contributed by atoms with van der Waals surface area (Å²) in [5.74, 6) is -0.0117. The summed E-state index contributed by atoms with van der Waals surface area (Å²) < 4.78 is 38.1. The highest BCUT2D eigenvalue weighted by molar-refractivity contribution is 5.50. The monoisotopic (exact) mass is 275 g/mol. The number of nitrogen functional groups attached to an aromatic ring is 1. The van der Waals surface area contributed by atoms with Gasteiger partial charge in [-0.25, -0.2) is 4.98 Å². The topological polar surface area (TPSA) is 62.4 Å². The Labute approximate surface area is 109 Å². The molecule has 1 unspecified atom stereocenters. The van der Waals surface area contributed by atoms with E-state index in [4.69, 9.17) is 5.73 Å². The van der Waals surface area contributed by atoms with Crippen molar-refractivity contribution in [3.8, 4) is 0 Å². The fourth-order valence-electron chi connectivity index (χ4n) is 2.28. The van der Waals surface area contributed by atoms with Gasteiger partial charge in [0.25, 0.3) is 0 Å². The highest BCUT2D eigenvalue weighted by atomic mass is 19.4. The predicted molar refractivity (Wildman–Crippen MR) is 65.7 cm³/mol. The summed E-state index contributed by atoms with van der Waals surface area (Å²) in [6.45, 7) is 2.47. The number of piperidine rings is 1. The number of alkyl halides is 3. The van der Waals surface area contributed by atoms with Crippen LogP contribution in [0.1, 0.15) is 25.3 Å². The van der Waals surface area contributed by atoms with Crippen LogP contribution >= 0.6 is 0 Å². The molecule has 106 valence electrons. The minimum absolute atomic E-state index is 0.160. The second-order valence-electron chi connectivity index (χ2n) is 5.16. The number of nitrogens with zero attached hydrogens (tertiary/aromatic N) is 2. The Bertz CT molecular complexity index is 474. The van der Waals surface area contributed by atoms with E-state index in [2.05, 4.69) is 4.98 Å². The second-order valence-corrected chi connectivity index (χ2v) is 5.16. The van der Waals surface area contributed by atoms with E-state index in [9.17, 15) is 18.3 Å². The van der Waals surface area contributed by atoms with Crippen LogP contribution in [-0.4, -0.2) is 28.8 Å². The van der Waals surface area contributed by atoms with Gasteiger partial charge in [0.2, 0.25) is 0 Å². The first kappa shape index (κ1) is 13.9. The first-order chi connectivity index (χ1) is 8.67. The van der Waals surface area contributed by atoms with Crippen molar-refractivity contribution in [2.75, 3.05) is 23.7 Å². The average molecular weight is 275 g/mol. The summed E-state index contributed by atoms with van der Waals surface area (Å²) in [6, 6.07) is 1.78. The summed E-state index contributed by atoms with van der Waals surface area (Å²) in [5.41, 5.74) is 3.70. The maximum Gasteiger partial charge on any atom is 0.416 e. The lowest BCUT2D eigenvalue weighted by Crippen LogP contribution is -2.46. The fraction of sp³-hybridized carbons (Fsp3) is 0.583. The summed E-state index contributed by atoms with van der Waals surface area (Å²) in [6.07, 6.45) is -3.13. The van der Waals surface area contributed by atoms with Crippen molar-refractivity contribution in [2.45, 2.75) is 31.5 Å². The van der Waals surface area contributed by atoms with Crippen molar-refractivity contribution >= 4 is 11.6 Å². The first-order valence-corrected chi connectivity index (χ1v) is 5.99. The number of halogens is 3. The van der Waals surface area contributed by atoms with E-state index in [0.717, 1.165) is 12.1 Å². The predicted octanol–water partition coefficient (Wildman–Crippen LogP) is 2.03. The zero-order chi connectivity index (χ0) is 14.3. The molecule has 0 saturated carbocycles. The Balaban J connectivity index is 2.32. The van der Waals surface area contributed by atoms with Crippen molar-refractivity contribution in [3.05, 3.63) is 17.7 Å². The first-order valence-electron chi connectivity index (χ1n) is 5.99. The lowest BCUT2D eigenvalue weighted by atomic mass is 9.95. The van der Waals surface area contributed by atoms with Crippen LogP contribution in [0.4, 0.5) is 24.8 Å². The third-order valence-electron chi connectivity index (χ3n) is 3.16. The van der Waals surface area contributed by atoms with E-state index in [1.54, 1.807) is 11.8 Å². The number of hydrogen-bond donors (Lipinski definition) is 2. The molecule has 0 amide bonds. The molecule has 0 radical (unpaired) electrons. The quantitative estimate of drug-likeness (QED) is 0.823. The summed E-state index contributed by atoms with van der Waals surface area (Å²) in [5, 5.41) is 9.98. The number of β-amino-alcohol motifs (C(OH)–C–C–N with tert-alkyl or cyclic N) is 1. The van der Waals surface area contributed by atoms with Gasteiger partial charge in [-0.1, -0.05) is 0 Å². The van der Waals surface area contributed by atoms with E-state index >= 15 is 0 Å². The van der Waals surface area contributed by atoms with Crippen molar-refractivity contribution in [1.29, 1.82) is 0 Å². The molecule has 0 bridgehead atoms. The second kappa shape index (κ2) is 4.56. The van der Waals surface area contributed by atoms with Gasteiger partial charge in [-0.05, 0) is 31.9 Å². The Morgan fingerprint density at radius 1 is 1.42 bits per heavy atom. The molecule has 2 rings (SSSR count). The Hall–Kier alpha value is -1.50. The zero-order valence-corrected chi connectivity index (χ0v) is 10.5. The molecule has 3 N–H and O–H groups in total. The van der Waals surface area contributed by atoms with Gasteiger partial charge in [0.1, 0.15) is 11.6 Å². The molecule has 19 heavy (non-hydrogen) atoms. The van der Waals surface area contributed by atoms with Crippen LogP contribution in [0.3, 0.4) is 0 Å². The molecule has 0 aliphatic carbocycles. The number of aromatic nitrogens is 1. The number of rotatable bonds is 1. The number of pyridine rings is 1. The molecule has 0 aromatic carbocycles. The van der Waals surface area contributed by atoms with Crippen LogP contribution in [0.2, 0.25) is 0 Å². The van der Waals surface area contributed by atoms with Gasteiger partial charge in [0, 0.05) is 13.1 Å². The number of anilines is 2. The molecule has 1 saturated heterocycles. The molecule has 1 fully saturated rings. The van der Waals surface area contributed by atoms with Crippen molar-refractivity contribution in [2.24, 2.45) is 0 Å². The van der Waals surface area contributed by atoms with Crippen LogP contribution in [0.15, 0.2) is 12.1 Å². The summed E-state index contributed by atoms with van der Waals surface area (Å²) in [7, 11) is 0. The SMILES string of the molecule is CC1(O)CCCN(c2cc(C(F)(F)F)cc(N)n2)C1. The smallest absolute Gasteiger partial charge is 0.388 e. The highest BCUT2D eigenvalue weighted by Gasteiger charge is 2.34. The number of hydrogen-bond acceptors (Lipinski definition) is 4. The van der Waals surface area contributed by atoms with Gasteiger partial charge in [0.15, 0.2) is 0 Å². The molecule has 1 aliphatic rings. The molecule has 1 atom stereocenters. The van der Waals surface area contributed by atoms with Gasteiger partial charge < -0.3 is 15.7 Å². The van der Waals surface area contributed by atoms with Gasteiger partial charge in [-0.15, -0.1) is 0 Å². The minimum atomic E-state index is -4.45. The van der Waals surface area contributed by atoms with Gasteiger partial charge >= 0.3 is 6.18 Å². The lowest BCUT2D eigenvalue weighted by Gasteiger charge is -2.37. The lowest BCUT2D eigenvalue weighted by molar-refractivity contribution is -0.137. The van der Waals surface area contributed by atoms with Crippen LogP contribution in [0, 0.1) is 0 Å². The maximum atomic E-state index is 12.7. The van der Waals surface area contributed by atoms with Gasteiger partial charge in [-0.2, -0.15) is 13.2 Å². The molecule has 1 aromatic rings. The molecular weight excluding hydrogens is 259 g/mol. The normalized spacial score (nSPS) is 24.6. The highest BCUT2D eigenvalue weighted by Crippen LogP contribution is 2.33. The third-order valence-corrected chi connectivity index (χ3v) is 3.16. The molecule has 4 nitrogen and oxygen atoms in total. The third kappa shape index (κ3) is 3.28. The molecule has 1 aliphatic heterocycles. The van der Waals surface area contributed by atoms with E-state index < -0.39 is 17.3 Å². The van der Waals surface area contributed by atoms with Crippen LogP contribution in [0.5, 0.6) is 0 Å². The van der Waals surface area contributed by atoms with E-state index in [-0.39, 0.29) is 18.2 Å². The van der Waals surface area contributed by atoms with Crippen molar-refractivity contribution < 1.29 is 18.3 Å². The van der Waals surface area contributed by atoms with Crippen LogP contribution < -0.4 is 10.6 Å². The van der Waals surface area contributed by atoms with Crippen molar-refractivity contribution in [1.82, 2.24) is 4.98 Å². The fourth-order valence-corrected chi connectivity index (χ4v) is 2.28. The average Bonchev–Trinajstić information content (AvgIpc) is 2.25. The molecule has 7 heteroatoms. The number of nitrogens with two attached hydrogens (primary N) is 1. The van der Waals surface area contributed by atoms with Crippen LogP contribution in [-0.2, 0) is 6.18 Å². The summed E-state index contributed by atoms with van der Waals surface area (Å²) >= 11 is 0. The van der Waals surface area contributed by atoms with Crippen LogP contribution in [0.25, 0.3) is 0 Å². The van der Waals surface area contributed by atoms with E-state index in [0.29, 0.717) is 19.4 Å². The Kier molecular flexibility index (Phi) is 3.34. The standard InChI is InChI=1S/C12H16F3N3O/c1-11(19)3-2-4-18(7-11)10-6-8(12(13,14)15)5-9(16)17-10/h5-6,19H,2-4,7H2,1H3,(H2,16,17). The Morgan fingerprint density at radius 2 is 2.11 bits per heavy atom. The van der Waals surface area contributed by atoms with Gasteiger partial charge in [0.05, 0.1) is 11.2 Å². The molecule has 2 heterocycles.